The lowest BCUT2D eigenvalue weighted by Crippen LogP contribution is -2.36. The number of hydrogen-bond acceptors (Lipinski definition) is 4. The Hall–Kier alpha value is -2.53. The molecule has 0 saturated carbocycles. The minimum Gasteiger partial charge on any atom is -0.479 e. The number of benzene rings is 2. The average molecular weight is 388 g/mol. The van der Waals surface area contributed by atoms with Gasteiger partial charge in [-0.2, -0.15) is 0 Å². The second-order valence-corrected chi connectivity index (χ2v) is 6.97. The van der Waals surface area contributed by atoms with Crippen molar-refractivity contribution < 1.29 is 19.1 Å². The molecule has 5 nitrogen and oxygen atoms in total. The predicted octanol–water partition coefficient (Wildman–Crippen LogP) is 3.84. The van der Waals surface area contributed by atoms with E-state index < -0.39 is 12.1 Å². The van der Waals surface area contributed by atoms with Gasteiger partial charge in [-0.15, -0.1) is 0 Å². The van der Waals surface area contributed by atoms with Crippen LogP contribution >= 0.6 is 11.6 Å². The molecule has 2 atom stereocenters. The van der Waals surface area contributed by atoms with Gasteiger partial charge in [-0.05, 0) is 55.5 Å². The minimum atomic E-state index is -0.841. The molecule has 0 spiro atoms. The molecule has 3 rings (SSSR count). The Morgan fingerprint density at radius 3 is 2.85 bits per heavy atom. The van der Waals surface area contributed by atoms with Gasteiger partial charge in [-0.25, -0.2) is 4.79 Å². The van der Waals surface area contributed by atoms with Crippen LogP contribution in [0.2, 0.25) is 5.02 Å². The SMILES string of the molecule is CC(Oc1cccc(Cl)c1)C(=O)OCC(=O)NC1CCCc2ccccc21. The maximum Gasteiger partial charge on any atom is 0.347 e. The largest absolute Gasteiger partial charge is 0.479 e. The maximum atomic E-state index is 12.2. The molecule has 0 bridgehead atoms. The summed E-state index contributed by atoms with van der Waals surface area (Å²) in [6.45, 7) is 1.24. The number of carbonyl (C=O) groups is 2. The molecule has 2 aromatic rings. The first-order valence-corrected chi connectivity index (χ1v) is 9.37. The lowest BCUT2D eigenvalue weighted by molar-refractivity contribution is -0.154. The summed E-state index contributed by atoms with van der Waals surface area (Å²) in [4.78, 5) is 24.3. The Morgan fingerprint density at radius 2 is 2.04 bits per heavy atom. The second kappa shape index (κ2) is 8.91. The van der Waals surface area contributed by atoms with Crippen molar-refractivity contribution in [2.45, 2.75) is 38.3 Å². The first kappa shape index (κ1) is 19.2. The van der Waals surface area contributed by atoms with Gasteiger partial charge in [0, 0.05) is 5.02 Å². The van der Waals surface area contributed by atoms with E-state index in [1.807, 2.05) is 18.2 Å². The van der Waals surface area contributed by atoms with E-state index in [0.717, 1.165) is 24.8 Å². The molecule has 1 aliphatic carbocycles. The van der Waals surface area contributed by atoms with Gasteiger partial charge < -0.3 is 14.8 Å². The highest BCUT2D eigenvalue weighted by Crippen LogP contribution is 2.29. The first-order chi connectivity index (χ1) is 13.0. The van der Waals surface area contributed by atoms with Crippen molar-refractivity contribution in [1.29, 1.82) is 0 Å². The molecular formula is C21H22ClNO4. The van der Waals surface area contributed by atoms with Crippen LogP contribution in [0.15, 0.2) is 48.5 Å². The molecule has 0 fully saturated rings. The zero-order valence-electron chi connectivity index (χ0n) is 15.1. The Balaban J connectivity index is 1.48. The third-order valence-electron chi connectivity index (χ3n) is 4.49. The lowest BCUT2D eigenvalue weighted by Gasteiger charge is -2.26. The van der Waals surface area contributed by atoms with E-state index in [-0.39, 0.29) is 18.6 Å². The number of fused-ring (bicyclic) bond motifs is 1. The van der Waals surface area contributed by atoms with Gasteiger partial charge in [0.2, 0.25) is 0 Å². The monoisotopic (exact) mass is 387 g/mol. The number of rotatable bonds is 6. The highest BCUT2D eigenvalue weighted by Gasteiger charge is 2.23. The Kier molecular flexibility index (Phi) is 6.35. The molecule has 0 saturated heterocycles. The molecule has 1 amide bonds. The summed E-state index contributed by atoms with van der Waals surface area (Å²) in [5, 5.41) is 3.47. The van der Waals surface area contributed by atoms with Gasteiger partial charge in [0.05, 0.1) is 6.04 Å². The van der Waals surface area contributed by atoms with E-state index in [0.29, 0.717) is 10.8 Å². The third kappa shape index (κ3) is 5.23. The van der Waals surface area contributed by atoms with Crippen LogP contribution in [0.4, 0.5) is 0 Å². The molecule has 6 heteroatoms. The van der Waals surface area contributed by atoms with Crippen molar-refractivity contribution in [2.24, 2.45) is 0 Å². The summed E-state index contributed by atoms with van der Waals surface area (Å²) in [5.41, 5.74) is 2.40. The molecule has 0 radical (unpaired) electrons. The average Bonchev–Trinajstić information content (AvgIpc) is 2.66. The second-order valence-electron chi connectivity index (χ2n) is 6.54. The van der Waals surface area contributed by atoms with E-state index in [2.05, 4.69) is 11.4 Å². The van der Waals surface area contributed by atoms with Crippen LogP contribution in [-0.2, 0) is 20.7 Å². The Labute approximate surface area is 163 Å². The molecular weight excluding hydrogens is 366 g/mol. The zero-order chi connectivity index (χ0) is 19.2. The highest BCUT2D eigenvalue weighted by molar-refractivity contribution is 6.30. The summed E-state index contributed by atoms with van der Waals surface area (Å²) >= 11 is 5.89. The predicted molar refractivity (Wildman–Crippen MR) is 103 cm³/mol. The van der Waals surface area contributed by atoms with E-state index in [1.54, 1.807) is 31.2 Å². The minimum absolute atomic E-state index is 0.0405. The summed E-state index contributed by atoms with van der Waals surface area (Å²) in [7, 11) is 0. The molecule has 0 aromatic heterocycles. The van der Waals surface area contributed by atoms with E-state index >= 15 is 0 Å². The number of carbonyl (C=O) groups excluding carboxylic acids is 2. The van der Waals surface area contributed by atoms with Gasteiger partial charge in [0.1, 0.15) is 5.75 Å². The lowest BCUT2D eigenvalue weighted by atomic mass is 9.88. The van der Waals surface area contributed by atoms with Gasteiger partial charge in [-0.3, -0.25) is 4.79 Å². The van der Waals surface area contributed by atoms with Gasteiger partial charge in [-0.1, -0.05) is 41.9 Å². The van der Waals surface area contributed by atoms with E-state index in [9.17, 15) is 9.59 Å². The van der Waals surface area contributed by atoms with Crippen LogP contribution in [0.25, 0.3) is 0 Å². The van der Waals surface area contributed by atoms with Gasteiger partial charge >= 0.3 is 5.97 Å². The fourth-order valence-electron chi connectivity index (χ4n) is 3.19. The summed E-state index contributed by atoms with van der Waals surface area (Å²) in [5.74, 6) is -0.454. The summed E-state index contributed by atoms with van der Waals surface area (Å²) in [6.07, 6.45) is 2.08. The molecule has 0 heterocycles. The standard InChI is InChI=1S/C21H22ClNO4/c1-14(27-17-9-5-8-16(22)12-17)21(25)26-13-20(24)23-19-11-4-7-15-6-2-3-10-18(15)19/h2-3,5-6,8-10,12,14,19H,4,7,11,13H2,1H3,(H,23,24). The molecule has 2 unspecified atom stereocenters. The third-order valence-corrected chi connectivity index (χ3v) is 4.73. The van der Waals surface area contributed by atoms with Crippen molar-refractivity contribution >= 4 is 23.5 Å². The van der Waals surface area contributed by atoms with Gasteiger partial charge in [0.15, 0.2) is 12.7 Å². The summed E-state index contributed by atoms with van der Waals surface area (Å²) < 4.78 is 10.6. The van der Waals surface area contributed by atoms with Crippen molar-refractivity contribution in [3.63, 3.8) is 0 Å². The van der Waals surface area contributed by atoms with E-state index in [1.165, 1.54) is 5.56 Å². The fourth-order valence-corrected chi connectivity index (χ4v) is 3.37. The summed E-state index contributed by atoms with van der Waals surface area (Å²) in [6, 6.07) is 14.8. The maximum absolute atomic E-state index is 12.2. The molecule has 1 aliphatic rings. The highest BCUT2D eigenvalue weighted by atomic mass is 35.5. The smallest absolute Gasteiger partial charge is 0.347 e. The Bertz CT molecular complexity index is 823. The van der Waals surface area contributed by atoms with Crippen molar-refractivity contribution in [2.75, 3.05) is 6.61 Å². The number of esters is 1. The number of amides is 1. The van der Waals surface area contributed by atoms with E-state index in [4.69, 9.17) is 21.1 Å². The molecule has 142 valence electrons. The molecule has 1 N–H and O–H groups in total. The van der Waals surface area contributed by atoms with Crippen LogP contribution < -0.4 is 10.1 Å². The molecule has 0 aliphatic heterocycles. The first-order valence-electron chi connectivity index (χ1n) is 8.99. The van der Waals surface area contributed by atoms with Crippen molar-refractivity contribution in [1.82, 2.24) is 5.32 Å². The quantitative estimate of drug-likeness (QED) is 0.765. The normalized spacial score (nSPS) is 16.7. The number of nitrogens with one attached hydrogen (secondary N) is 1. The fraction of sp³-hybridized carbons (Fsp3) is 0.333. The van der Waals surface area contributed by atoms with Crippen molar-refractivity contribution in [3.8, 4) is 5.75 Å². The Morgan fingerprint density at radius 1 is 1.22 bits per heavy atom. The van der Waals surface area contributed by atoms with Crippen LogP contribution in [-0.4, -0.2) is 24.6 Å². The topological polar surface area (TPSA) is 64.6 Å². The van der Waals surface area contributed by atoms with Crippen molar-refractivity contribution in [3.05, 3.63) is 64.7 Å². The van der Waals surface area contributed by atoms with Crippen LogP contribution in [0, 0.1) is 0 Å². The molecule has 27 heavy (non-hydrogen) atoms. The molecule has 2 aromatic carbocycles. The van der Waals surface area contributed by atoms with Crippen LogP contribution in [0.1, 0.15) is 36.9 Å². The number of aryl methyl sites for hydroxylation is 1. The van der Waals surface area contributed by atoms with Crippen LogP contribution in [0.5, 0.6) is 5.75 Å². The number of hydrogen-bond donors (Lipinski definition) is 1. The van der Waals surface area contributed by atoms with Gasteiger partial charge in [0.25, 0.3) is 5.91 Å². The number of ether oxygens (including phenoxy) is 2. The van der Waals surface area contributed by atoms with Crippen LogP contribution in [0.3, 0.4) is 0 Å². The number of halogens is 1. The zero-order valence-corrected chi connectivity index (χ0v) is 15.9.